The van der Waals surface area contributed by atoms with Crippen LogP contribution in [-0.2, 0) is 11.3 Å². The molecule has 0 spiro atoms. The first-order valence-electron chi connectivity index (χ1n) is 5.40. The summed E-state index contributed by atoms with van der Waals surface area (Å²) in [6.07, 6.45) is 0.543. The van der Waals surface area contributed by atoms with Gasteiger partial charge < -0.3 is 10.6 Å². The van der Waals surface area contributed by atoms with Crippen molar-refractivity contribution in [1.82, 2.24) is 4.90 Å². The Morgan fingerprint density at radius 3 is 2.50 bits per heavy atom. The monoisotopic (exact) mass is 278 g/mol. The molecule has 0 bridgehead atoms. The highest BCUT2D eigenvalue weighted by Crippen LogP contribution is 2.11. The van der Waals surface area contributed by atoms with Gasteiger partial charge in [0.2, 0.25) is 5.91 Å². The molecular formula is C12H17ClF2N2O. The highest BCUT2D eigenvalue weighted by Gasteiger charge is 2.16. The number of nitrogens with zero attached hydrogens (tertiary/aromatic N) is 1. The summed E-state index contributed by atoms with van der Waals surface area (Å²) in [6.45, 7) is 2.03. The zero-order chi connectivity index (χ0) is 13.0. The van der Waals surface area contributed by atoms with Crippen molar-refractivity contribution in [1.29, 1.82) is 0 Å². The molecule has 2 N–H and O–H groups in total. The first-order chi connectivity index (χ1) is 7.95. The molecule has 0 fully saturated rings. The van der Waals surface area contributed by atoms with E-state index in [2.05, 4.69) is 0 Å². The summed E-state index contributed by atoms with van der Waals surface area (Å²) in [5.74, 6) is -2.02. The smallest absolute Gasteiger partial charge is 0.239 e. The fourth-order valence-electron chi connectivity index (χ4n) is 1.45. The van der Waals surface area contributed by atoms with E-state index in [-0.39, 0.29) is 24.9 Å². The average molecular weight is 279 g/mol. The van der Waals surface area contributed by atoms with Crippen LogP contribution in [0.5, 0.6) is 0 Å². The first kappa shape index (κ1) is 16.8. The lowest BCUT2D eigenvalue weighted by atomic mass is 10.1. The third-order valence-electron chi connectivity index (χ3n) is 2.54. The van der Waals surface area contributed by atoms with Gasteiger partial charge in [-0.15, -0.1) is 12.4 Å². The third kappa shape index (κ3) is 4.23. The van der Waals surface area contributed by atoms with Crippen LogP contribution in [0.1, 0.15) is 18.9 Å². The van der Waals surface area contributed by atoms with E-state index in [1.807, 2.05) is 6.92 Å². The largest absolute Gasteiger partial charge is 0.340 e. The number of nitrogens with two attached hydrogens (primary N) is 1. The van der Waals surface area contributed by atoms with Gasteiger partial charge in [-0.1, -0.05) is 13.0 Å². The van der Waals surface area contributed by atoms with Crippen molar-refractivity contribution in [3.05, 3.63) is 35.4 Å². The van der Waals surface area contributed by atoms with Crippen LogP contribution < -0.4 is 5.73 Å². The van der Waals surface area contributed by atoms with Gasteiger partial charge in [0.05, 0.1) is 6.04 Å². The molecule has 0 unspecified atom stereocenters. The molecule has 0 aliphatic rings. The number of amides is 1. The maximum absolute atomic E-state index is 13.0. The standard InChI is InChI=1S/C12H16F2N2O.ClH/c1-3-11(15)12(17)16(2)7-8-4-5-9(13)10(14)6-8;/h4-6,11H,3,7,15H2,1-2H3;1H/t11-;/m0./s1. The van der Waals surface area contributed by atoms with Crippen molar-refractivity contribution in [2.45, 2.75) is 25.9 Å². The van der Waals surface area contributed by atoms with Crippen LogP contribution in [0.4, 0.5) is 8.78 Å². The van der Waals surface area contributed by atoms with Gasteiger partial charge in [-0.25, -0.2) is 8.78 Å². The van der Waals surface area contributed by atoms with E-state index in [1.54, 1.807) is 7.05 Å². The summed E-state index contributed by atoms with van der Waals surface area (Å²) in [6, 6.07) is 3.02. The quantitative estimate of drug-likeness (QED) is 0.917. The molecule has 0 radical (unpaired) electrons. The maximum Gasteiger partial charge on any atom is 0.239 e. The van der Waals surface area contributed by atoms with Crippen molar-refractivity contribution in [2.75, 3.05) is 7.05 Å². The molecule has 0 saturated heterocycles. The minimum absolute atomic E-state index is 0. The fraction of sp³-hybridized carbons (Fsp3) is 0.417. The molecule has 1 aromatic rings. The van der Waals surface area contributed by atoms with E-state index in [0.717, 1.165) is 12.1 Å². The minimum atomic E-state index is -0.914. The number of rotatable bonds is 4. The van der Waals surface area contributed by atoms with Gasteiger partial charge >= 0.3 is 0 Å². The van der Waals surface area contributed by atoms with Crippen LogP contribution in [0.3, 0.4) is 0 Å². The van der Waals surface area contributed by atoms with Gasteiger partial charge in [-0.2, -0.15) is 0 Å². The summed E-state index contributed by atoms with van der Waals surface area (Å²) in [5.41, 5.74) is 6.13. The lowest BCUT2D eigenvalue weighted by Crippen LogP contribution is -2.40. The number of carbonyl (C=O) groups is 1. The van der Waals surface area contributed by atoms with Crippen LogP contribution in [0.15, 0.2) is 18.2 Å². The molecule has 3 nitrogen and oxygen atoms in total. The van der Waals surface area contributed by atoms with Crippen LogP contribution in [-0.4, -0.2) is 23.9 Å². The zero-order valence-electron chi connectivity index (χ0n) is 10.3. The second-order valence-electron chi connectivity index (χ2n) is 3.96. The van der Waals surface area contributed by atoms with Gasteiger partial charge in [-0.3, -0.25) is 4.79 Å². The number of benzene rings is 1. The Morgan fingerprint density at radius 1 is 1.39 bits per heavy atom. The predicted octanol–water partition coefficient (Wildman–Crippen LogP) is 2.08. The molecule has 0 heterocycles. The molecule has 0 aliphatic heterocycles. The minimum Gasteiger partial charge on any atom is -0.340 e. The Hall–Kier alpha value is -1.20. The number of carbonyl (C=O) groups excluding carboxylic acids is 1. The van der Waals surface area contributed by atoms with Crippen LogP contribution >= 0.6 is 12.4 Å². The van der Waals surface area contributed by atoms with Gasteiger partial charge in [0.15, 0.2) is 11.6 Å². The van der Waals surface area contributed by atoms with Crippen molar-refractivity contribution in [2.24, 2.45) is 5.73 Å². The molecule has 0 aromatic heterocycles. The maximum atomic E-state index is 13.0. The van der Waals surface area contributed by atoms with E-state index < -0.39 is 17.7 Å². The number of likely N-dealkylation sites (N-methyl/N-ethyl adjacent to an activating group) is 1. The summed E-state index contributed by atoms with van der Waals surface area (Å²) in [4.78, 5) is 13.1. The molecule has 1 rings (SSSR count). The second-order valence-corrected chi connectivity index (χ2v) is 3.96. The summed E-state index contributed by atoms with van der Waals surface area (Å²) >= 11 is 0. The zero-order valence-corrected chi connectivity index (χ0v) is 11.1. The second kappa shape index (κ2) is 7.28. The first-order valence-corrected chi connectivity index (χ1v) is 5.40. The lowest BCUT2D eigenvalue weighted by Gasteiger charge is -2.20. The van der Waals surface area contributed by atoms with Gasteiger partial charge in [0, 0.05) is 13.6 Å². The predicted molar refractivity (Wildman–Crippen MR) is 68.3 cm³/mol. The molecule has 6 heteroatoms. The molecule has 1 aromatic carbocycles. The van der Waals surface area contributed by atoms with E-state index in [9.17, 15) is 13.6 Å². The SMILES string of the molecule is CC[C@H](N)C(=O)N(C)Cc1ccc(F)c(F)c1.Cl. The van der Waals surface area contributed by atoms with Gasteiger partial charge in [0.25, 0.3) is 0 Å². The van der Waals surface area contributed by atoms with Crippen molar-refractivity contribution in [3.63, 3.8) is 0 Å². The molecule has 102 valence electrons. The summed E-state index contributed by atoms with van der Waals surface area (Å²) in [7, 11) is 1.58. The van der Waals surface area contributed by atoms with Crippen LogP contribution in [0.2, 0.25) is 0 Å². The van der Waals surface area contributed by atoms with E-state index >= 15 is 0 Å². The number of hydrogen-bond acceptors (Lipinski definition) is 2. The topological polar surface area (TPSA) is 46.3 Å². The van der Waals surface area contributed by atoms with E-state index in [0.29, 0.717) is 12.0 Å². The van der Waals surface area contributed by atoms with Crippen LogP contribution in [0.25, 0.3) is 0 Å². The number of halogens is 3. The van der Waals surface area contributed by atoms with Crippen molar-refractivity contribution >= 4 is 18.3 Å². The van der Waals surface area contributed by atoms with Crippen molar-refractivity contribution < 1.29 is 13.6 Å². The molecular weight excluding hydrogens is 262 g/mol. The molecule has 1 amide bonds. The Morgan fingerprint density at radius 2 is 2.00 bits per heavy atom. The Balaban J connectivity index is 0.00000289. The Labute approximate surface area is 111 Å². The van der Waals surface area contributed by atoms with Crippen molar-refractivity contribution in [3.8, 4) is 0 Å². The molecule has 1 atom stereocenters. The number of hydrogen-bond donors (Lipinski definition) is 1. The summed E-state index contributed by atoms with van der Waals surface area (Å²) < 4.78 is 25.7. The lowest BCUT2D eigenvalue weighted by molar-refractivity contribution is -0.131. The van der Waals surface area contributed by atoms with E-state index in [1.165, 1.54) is 11.0 Å². The highest BCUT2D eigenvalue weighted by molar-refractivity contribution is 5.85. The fourth-order valence-corrected chi connectivity index (χ4v) is 1.45. The van der Waals surface area contributed by atoms with Gasteiger partial charge in [0.1, 0.15) is 0 Å². The van der Waals surface area contributed by atoms with Crippen LogP contribution in [0, 0.1) is 11.6 Å². The Kier molecular flexibility index (Phi) is 6.80. The molecule has 18 heavy (non-hydrogen) atoms. The third-order valence-corrected chi connectivity index (χ3v) is 2.54. The van der Waals surface area contributed by atoms with E-state index in [4.69, 9.17) is 5.73 Å². The average Bonchev–Trinajstić information content (AvgIpc) is 2.31. The molecule has 0 aliphatic carbocycles. The summed E-state index contributed by atoms with van der Waals surface area (Å²) in [5, 5.41) is 0. The highest BCUT2D eigenvalue weighted by atomic mass is 35.5. The molecule has 0 saturated carbocycles. The normalized spacial score (nSPS) is 11.6. The van der Waals surface area contributed by atoms with Gasteiger partial charge in [-0.05, 0) is 24.1 Å². The Bertz CT molecular complexity index is 415.